The second-order valence-electron chi connectivity index (χ2n) is 5.77. The Morgan fingerprint density at radius 2 is 1.85 bits per heavy atom. The third-order valence-corrected chi connectivity index (χ3v) is 4.86. The van der Waals surface area contributed by atoms with Gasteiger partial charge >= 0.3 is 0 Å². The zero-order chi connectivity index (χ0) is 17.8. The zero-order valence-electron chi connectivity index (χ0n) is 13.9. The van der Waals surface area contributed by atoms with Gasteiger partial charge in [0.05, 0.1) is 27.6 Å². The van der Waals surface area contributed by atoms with Gasteiger partial charge in [0.2, 0.25) is 5.91 Å². The minimum Gasteiger partial charge on any atom is -0.324 e. The van der Waals surface area contributed by atoms with Gasteiger partial charge in [0.1, 0.15) is 0 Å². The van der Waals surface area contributed by atoms with Crippen molar-refractivity contribution in [2.75, 3.05) is 5.32 Å². The van der Waals surface area contributed by atoms with Crippen molar-refractivity contribution in [2.45, 2.75) is 12.8 Å². The lowest BCUT2D eigenvalue weighted by molar-refractivity contribution is -0.116. The summed E-state index contributed by atoms with van der Waals surface area (Å²) in [6, 6.07) is 15.4. The first-order chi connectivity index (χ1) is 12.8. The normalized spacial score (nSPS) is 10.8. The number of thiazole rings is 1. The highest BCUT2D eigenvalue weighted by atomic mass is 32.1. The number of nitrogens with zero attached hydrogens (tertiary/aromatic N) is 3. The number of aromatic nitrogens is 3. The number of fused-ring (bicyclic) bond motifs is 1. The second kappa shape index (κ2) is 7.41. The van der Waals surface area contributed by atoms with E-state index < -0.39 is 0 Å². The van der Waals surface area contributed by atoms with Crippen LogP contribution in [-0.4, -0.2) is 20.9 Å². The number of pyridine rings is 2. The summed E-state index contributed by atoms with van der Waals surface area (Å²) in [7, 11) is 0. The lowest BCUT2D eigenvalue weighted by Crippen LogP contribution is -2.12. The molecule has 0 saturated heterocycles. The maximum absolute atomic E-state index is 12.3. The van der Waals surface area contributed by atoms with E-state index in [4.69, 9.17) is 0 Å². The molecule has 26 heavy (non-hydrogen) atoms. The van der Waals surface area contributed by atoms with Crippen molar-refractivity contribution in [2.24, 2.45) is 0 Å². The Balaban J connectivity index is 1.41. The number of aryl methyl sites for hydroxylation is 1. The number of hydrogen-bond donors (Lipinski definition) is 1. The molecule has 0 bridgehead atoms. The van der Waals surface area contributed by atoms with E-state index in [1.165, 1.54) is 0 Å². The maximum Gasteiger partial charge on any atom is 0.224 e. The van der Waals surface area contributed by atoms with Gasteiger partial charge in [-0.15, -0.1) is 11.3 Å². The highest BCUT2D eigenvalue weighted by Crippen LogP contribution is 2.22. The lowest BCUT2D eigenvalue weighted by atomic mass is 10.2. The van der Waals surface area contributed by atoms with Crippen LogP contribution in [0.1, 0.15) is 11.4 Å². The van der Waals surface area contributed by atoms with Crippen molar-refractivity contribution < 1.29 is 4.79 Å². The van der Waals surface area contributed by atoms with Crippen molar-refractivity contribution in [1.29, 1.82) is 0 Å². The predicted octanol–water partition coefficient (Wildman–Crippen LogP) is 4.32. The Bertz CT molecular complexity index is 1040. The molecule has 4 rings (SSSR count). The molecule has 1 amide bonds. The molecule has 3 aromatic heterocycles. The first kappa shape index (κ1) is 16.4. The van der Waals surface area contributed by atoms with E-state index in [0.29, 0.717) is 12.8 Å². The molecule has 0 aliphatic heterocycles. The van der Waals surface area contributed by atoms with E-state index in [1.54, 1.807) is 23.7 Å². The summed E-state index contributed by atoms with van der Waals surface area (Å²) in [5.41, 5.74) is 3.24. The monoisotopic (exact) mass is 360 g/mol. The molecule has 3 heterocycles. The van der Waals surface area contributed by atoms with Gasteiger partial charge in [0, 0.05) is 36.0 Å². The fraction of sp³-hybridized carbons (Fsp3) is 0.100. The summed E-state index contributed by atoms with van der Waals surface area (Å²) >= 11 is 1.55. The predicted molar refractivity (Wildman–Crippen MR) is 104 cm³/mol. The molecule has 128 valence electrons. The van der Waals surface area contributed by atoms with E-state index in [9.17, 15) is 4.79 Å². The molecule has 0 spiro atoms. The van der Waals surface area contributed by atoms with E-state index in [1.807, 2.05) is 53.9 Å². The highest BCUT2D eigenvalue weighted by Gasteiger charge is 2.10. The number of para-hydroxylation sites is 1. The second-order valence-corrected chi connectivity index (χ2v) is 6.71. The zero-order valence-corrected chi connectivity index (χ0v) is 14.7. The van der Waals surface area contributed by atoms with Crippen LogP contribution >= 0.6 is 11.3 Å². The van der Waals surface area contributed by atoms with E-state index >= 15 is 0 Å². The van der Waals surface area contributed by atoms with Gasteiger partial charge in [-0.05, 0) is 24.3 Å². The molecular weight excluding hydrogens is 344 g/mol. The topological polar surface area (TPSA) is 67.8 Å². The van der Waals surface area contributed by atoms with Crippen LogP contribution in [0.4, 0.5) is 5.69 Å². The Morgan fingerprint density at radius 1 is 0.962 bits per heavy atom. The van der Waals surface area contributed by atoms with Gasteiger partial charge in [-0.3, -0.25) is 14.8 Å². The third kappa shape index (κ3) is 3.60. The molecule has 5 nitrogen and oxygen atoms in total. The Kier molecular flexibility index (Phi) is 4.66. The van der Waals surface area contributed by atoms with Gasteiger partial charge in [0.15, 0.2) is 0 Å². The summed E-state index contributed by atoms with van der Waals surface area (Å²) in [6.07, 6.45) is 4.45. The molecule has 0 unspecified atom stereocenters. The molecule has 0 fully saturated rings. The van der Waals surface area contributed by atoms with Crippen LogP contribution in [0, 0.1) is 0 Å². The minimum absolute atomic E-state index is 0.0438. The molecular formula is C20H16N4OS. The first-order valence-electron chi connectivity index (χ1n) is 8.29. The number of amides is 1. The van der Waals surface area contributed by atoms with Crippen molar-refractivity contribution >= 4 is 33.8 Å². The van der Waals surface area contributed by atoms with Gasteiger partial charge in [-0.2, -0.15) is 0 Å². The van der Waals surface area contributed by atoms with Crippen molar-refractivity contribution in [1.82, 2.24) is 15.0 Å². The maximum atomic E-state index is 12.3. The highest BCUT2D eigenvalue weighted by molar-refractivity contribution is 7.09. The summed E-state index contributed by atoms with van der Waals surface area (Å²) < 4.78 is 0. The van der Waals surface area contributed by atoms with Gasteiger partial charge in [-0.25, -0.2) is 4.98 Å². The summed E-state index contributed by atoms with van der Waals surface area (Å²) in [5, 5.41) is 6.87. The van der Waals surface area contributed by atoms with Crippen molar-refractivity contribution in [3.05, 3.63) is 71.3 Å². The van der Waals surface area contributed by atoms with Gasteiger partial charge in [0.25, 0.3) is 0 Å². The minimum atomic E-state index is -0.0438. The Morgan fingerprint density at radius 3 is 2.73 bits per heavy atom. The summed E-state index contributed by atoms with van der Waals surface area (Å²) in [6.45, 7) is 0. The molecule has 0 saturated carbocycles. The fourth-order valence-corrected chi connectivity index (χ4v) is 3.49. The smallest absolute Gasteiger partial charge is 0.224 e. The Labute approximate surface area is 154 Å². The quantitative estimate of drug-likeness (QED) is 0.575. The standard InChI is InChI=1S/C20H16N4OS/c25-18(23-16-8-3-5-14-6-4-12-22-20(14)16)9-10-19-24-17(13-26-19)15-7-1-2-11-21-15/h1-8,11-13H,9-10H2,(H,23,25). The van der Waals surface area contributed by atoms with Crippen LogP contribution in [0.15, 0.2) is 66.3 Å². The Hall–Kier alpha value is -3.12. The lowest BCUT2D eigenvalue weighted by Gasteiger charge is -2.07. The van der Waals surface area contributed by atoms with Crippen molar-refractivity contribution in [3.8, 4) is 11.4 Å². The number of carbonyl (C=O) groups is 1. The van der Waals surface area contributed by atoms with Gasteiger partial charge in [-0.1, -0.05) is 24.3 Å². The van der Waals surface area contributed by atoms with Crippen LogP contribution in [0.25, 0.3) is 22.3 Å². The summed E-state index contributed by atoms with van der Waals surface area (Å²) in [5.74, 6) is -0.0438. The number of hydrogen-bond acceptors (Lipinski definition) is 5. The number of anilines is 1. The molecule has 6 heteroatoms. The average Bonchev–Trinajstić information content (AvgIpc) is 3.17. The van der Waals surface area contributed by atoms with Gasteiger partial charge < -0.3 is 5.32 Å². The number of carbonyl (C=O) groups excluding carboxylic acids is 1. The van der Waals surface area contributed by atoms with Crippen molar-refractivity contribution in [3.63, 3.8) is 0 Å². The van der Waals surface area contributed by atoms with E-state index in [0.717, 1.165) is 33.0 Å². The molecule has 4 aromatic rings. The largest absolute Gasteiger partial charge is 0.324 e. The van der Waals surface area contributed by atoms with E-state index in [-0.39, 0.29) is 5.91 Å². The SMILES string of the molecule is O=C(CCc1nc(-c2ccccn2)cs1)Nc1cccc2cccnc12. The number of benzene rings is 1. The molecule has 0 aliphatic rings. The summed E-state index contributed by atoms with van der Waals surface area (Å²) in [4.78, 5) is 25.6. The molecule has 0 atom stereocenters. The fourth-order valence-electron chi connectivity index (χ4n) is 2.70. The average molecular weight is 360 g/mol. The number of nitrogens with one attached hydrogen (secondary N) is 1. The molecule has 1 N–H and O–H groups in total. The first-order valence-corrected chi connectivity index (χ1v) is 9.17. The van der Waals surface area contributed by atoms with E-state index in [2.05, 4.69) is 20.3 Å². The van der Waals surface area contributed by atoms with Crippen LogP contribution in [0.2, 0.25) is 0 Å². The van der Waals surface area contributed by atoms with Crippen LogP contribution < -0.4 is 5.32 Å². The molecule has 0 radical (unpaired) electrons. The number of rotatable bonds is 5. The van der Waals surface area contributed by atoms with Crippen LogP contribution in [0.3, 0.4) is 0 Å². The third-order valence-electron chi connectivity index (χ3n) is 3.95. The van der Waals surface area contributed by atoms with Crippen LogP contribution in [0.5, 0.6) is 0 Å². The molecule has 1 aromatic carbocycles. The molecule has 0 aliphatic carbocycles. The van der Waals surface area contributed by atoms with Crippen LogP contribution in [-0.2, 0) is 11.2 Å².